The number of rotatable bonds is 6. The number of nitrogens with zero attached hydrogens (tertiary/aromatic N) is 1. The summed E-state index contributed by atoms with van der Waals surface area (Å²) in [6.45, 7) is 2.64. The molecule has 0 aliphatic heterocycles. The molecule has 0 aromatic heterocycles. The van der Waals surface area contributed by atoms with Crippen molar-refractivity contribution in [1.29, 1.82) is 0 Å². The lowest BCUT2D eigenvalue weighted by molar-refractivity contribution is 0.304. The molecule has 3 aromatic rings. The summed E-state index contributed by atoms with van der Waals surface area (Å²) in [5.74, 6) is 0.796. The van der Waals surface area contributed by atoms with Crippen LogP contribution in [0.4, 0.5) is 5.69 Å². The molecular weight excluding hydrogens is 410 g/mol. The molecule has 0 heterocycles. The minimum absolute atomic E-state index is 0.493. The maximum absolute atomic E-state index is 5.90. The monoisotopic (exact) mass is 427 g/mol. The van der Waals surface area contributed by atoms with Crippen molar-refractivity contribution >= 4 is 39.4 Å². The second-order valence-electron chi connectivity index (χ2n) is 5.88. The zero-order valence-corrected chi connectivity index (χ0v) is 16.8. The molecule has 0 amide bonds. The standard InChI is InChI=1S/C22H19BrClNO/c1-2-16-5-10-20(11-6-16)25-14-18-7-12-22(21(23)13-18)26-15-17-3-8-19(24)9-4-17/h3-14H,2,15H2,1H3. The van der Waals surface area contributed by atoms with E-state index < -0.39 is 0 Å². The van der Waals surface area contributed by atoms with Gasteiger partial charge in [0.1, 0.15) is 12.4 Å². The Labute approximate surface area is 167 Å². The molecule has 0 saturated carbocycles. The average Bonchev–Trinajstić information content (AvgIpc) is 2.67. The van der Waals surface area contributed by atoms with Gasteiger partial charge in [-0.3, -0.25) is 4.99 Å². The van der Waals surface area contributed by atoms with Crippen LogP contribution in [0.3, 0.4) is 0 Å². The van der Waals surface area contributed by atoms with Crippen LogP contribution in [0, 0.1) is 0 Å². The van der Waals surface area contributed by atoms with Crippen molar-refractivity contribution in [3.8, 4) is 5.75 Å². The predicted octanol–water partition coefficient (Wildman–Crippen LogP) is 6.99. The SMILES string of the molecule is CCc1ccc(N=Cc2ccc(OCc3ccc(Cl)cc3)c(Br)c2)cc1. The molecule has 0 aliphatic rings. The van der Waals surface area contributed by atoms with Gasteiger partial charge in [-0.2, -0.15) is 0 Å². The molecule has 3 aromatic carbocycles. The van der Waals surface area contributed by atoms with E-state index in [4.69, 9.17) is 16.3 Å². The average molecular weight is 429 g/mol. The van der Waals surface area contributed by atoms with Gasteiger partial charge < -0.3 is 4.74 Å². The molecule has 0 radical (unpaired) electrons. The Kier molecular flexibility index (Phi) is 6.48. The first-order valence-electron chi connectivity index (χ1n) is 8.44. The molecule has 0 spiro atoms. The third-order valence-electron chi connectivity index (χ3n) is 3.97. The van der Waals surface area contributed by atoms with Gasteiger partial charge in [0, 0.05) is 11.2 Å². The van der Waals surface area contributed by atoms with Crippen molar-refractivity contribution in [3.63, 3.8) is 0 Å². The summed E-state index contributed by atoms with van der Waals surface area (Å²) < 4.78 is 6.77. The van der Waals surface area contributed by atoms with Crippen molar-refractivity contribution in [2.45, 2.75) is 20.0 Å². The second kappa shape index (κ2) is 9.02. The molecule has 0 unspecified atom stereocenters. The van der Waals surface area contributed by atoms with Gasteiger partial charge >= 0.3 is 0 Å². The van der Waals surface area contributed by atoms with E-state index in [0.29, 0.717) is 6.61 Å². The van der Waals surface area contributed by atoms with E-state index in [2.05, 4.69) is 40.0 Å². The Bertz CT molecular complexity index is 889. The van der Waals surface area contributed by atoms with Crippen LogP contribution < -0.4 is 4.74 Å². The van der Waals surface area contributed by atoms with Crippen molar-refractivity contribution in [1.82, 2.24) is 0 Å². The van der Waals surface area contributed by atoms with E-state index in [1.165, 1.54) is 5.56 Å². The van der Waals surface area contributed by atoms with Crippen LogP contribution in [-0.2, 0) is 13.0 Å². The Morgan fingerprint density at radius 1 is 0.962 bits per heavy atom. The largest absolute Gasteiger partial charge is 0.488 e. The Hall–Kier alpha value is -2.10. The summed E-state index contributed by atoms with van der Waals surface area (Å²) in [7, 11) is 0. The summed E-state index contributed by atoms with van der Waals surface area (Å²) in [5.41, 5.74) is 4.34. The van der Waals surface area contributed by atoms with Gasteiger partial charge in [-0.05, 0) is 81.5 Å². The first kappa shape index (κ1) is 18.7. The van der Waals surface area contributed by atoms with Crippen LogP contribution in [0.25, 0.3) is 0 Å². The predicted molar refractivity (Wildman–Crippen MR) is 113 cm³/mol. The highest BCUT2D eigenvalue weighted by molar-refractivity contribution is 9.10. The quantitative estimate of drug-likeness (QED) is 0.387. The Morgan fingerprint density at radius 3 is 2.31 bits per heavy atom. The number of halogens is 2. The lowest BCUT2D eigenvalue weighted by Gasteiger charge is -2.09. The van der Waals surface area contributed by atoms with Crippen LogP contribution in [0.15, 0.2) is 76.2 Å². The Morgan fingerprint density at radius 2 is 1.65 bits per heavy atom. The number of hydrogen-bond acceptors (Lipinski definition) is 2. The van der Waals surface area contributed by atoms with Crippen molar-refractivity contribution < 1.29 is 4.74 Å². The lowest BCUT2D eigenvalue weighted by Crippen LogP contribution is -1.96. The number of aryl methyl sites for hydroxylation is 1. The van der Waals surface area contributed by atoms with Gasteiger partial charge in [-0.1, -0.05) is 42.8 Å². The summed E-state index contributed by atoms with van der Waals surface area (Å²) in [5, 5.41) is 0.725. The molecule has 0 N–H and O–H groups in total. The fraction of sp³-hybridized carbons (Fsp3) is 0.136. The van der Waals surface area contributed by atoms with Crippen LogP contribution >= 0.6 is 27.5 Å². The van der Waals surface area contributed by atoms with E-state index in [9.17, 15) is 0 Å². The van der Waals surface area contributed by atoms with E-state index >= 15 is 0 Å². The van der Waals surface area contributed by atoms with Gasteiger partial charge in [0.25, 0.3) is 0 Å². The number of ether oxygens (including phenoxy) is 1. The molecule has 0 bridgehead atoms. The number of benzene rings is 3. The maximum Gasteiger partial charge on any atom is 0.134 e. The van der Waals surface area contributed by atoms with Crippen LogP contribution in [0.1, 0.15) is 23.6 Å². The number of hydrogen-bond donors (Lipinski definition) is 0. The molecule has 0 saturated heterocycles. The summed E-state index contributed by atoms with van der Waals surface area (Å²) >= 11 is 9.47. The minimum atomic E-state index is 0.493. The highest BCUT2D eigenvalue weighted by atomic mass is 79.9. The van der Waals surface area contributed by atoms with E-state index in [-0.39, 0.29) is 0 Å². The third-order valence-corrected chi connectivity index (χ3v) is 4.84. The summed E-state index contributed by atoms with van der Waals surface area (Å²) in [6, 6.07) is 21.9. The van der Waals surface area contributed by atoms with E-state index in [1.54, 1.807) is 0 Å². The third kappa shape index (κ3) is 5.20. The van der Waals surface area contributed by atoms with Gasteiger partial charge in [0.15, 0.2) is 0 Å². The fourth-order valence-electron chi connectivity index (χ4n) is 2.42. The first-order valence-corrected chi connectivity index (χ1v) is 9.61. The van der Waals surface area contributed by atoms with Gasteiger partial charge in [-0.25, -0.2) is 0 Å². The zero-order chi connectivity index (χ0) is 18.4. The molecule has 2 nitrogen and oxygen atoms in total. The smallest absolute Gasteiger partial charge is 0.134 e. The number of aliphatic imine (C=N–C) groups is 1. The normalized spacial score (nSPS) is 11.0. The molecule has 4 heteroatoms. The second-order valence-corrected chi connectivity index (χ2v) is 7.17. The van der Waals surface area contributed by atoms with Crippen molar-refractivity contribution in [2.24, 2.45) is 4.99 Å². The van der Waals surface area contributed by atoms with Crippen molar-refractivity contribution in [2.75, 3.05) is 0 Å². The zero-order valence-electron chi connectivity index (χ0n) is 14.5. The summed E-state index contributed by atoms with van der Waals surface area (Å²) in [6.07, 6.45) is 2.89. The molecule has 0 aliphatic carbocycles. The minimum Gasteiger partial charge on any atom is -0.488 e. The maximum atomic E-state index is 5.90. The van der Waals surface area contributed by atoms with Crippen LogP contribution in [0.2, 0.25) is 5.02 Å². The Balaban J connectivity index is 1.64. The van der Waals surface area contributed by atoms with E-state index in [0.717, 1.165) is 38.5 Å². The summed E-state index contributed by atoms with van der Waals surface area (Å²) in [4.78, 5) is 4.53. The van der Waals surface area contributed by atoms with Crippen LogP contribution in [0.5, 0.6) is 5.75 Å². The fourth-order valence-corrected chi connectivity index (χ4v) is 3.06. The lowest BCUT2D eigenvalue weighted by atomic mass is 10.1. The highest BCUT2D eigenvalue weighted by Crippen LogP contribution is 2.27. The molecular formula is C22H19BrClNO. The van der Waals surface area contributed by atoms with E-state index in [1.807, 2.05) is 60.8 Å². The molecule has 0 fully saturated rings. The van der Waals surface area contributed by atoms with Gasteiger partial charge in [0.05, 0.1) is 10.2 Å². The molecule has 132 valence electrons. The van der Waals surface area contributed by atoms with Crippen molar-refractivity contribution in [3.05, 3.63) is 92.9 Å². The molecule has 26 heavy (non-hydrogen) atoms. The molecule has 3 rings (SSSR count). The highest BCUT2D eigenvalue weighted by Gasteiger charge is 2.03. The van der Waals surface area contributed by atoms with Gasteiger partial charge in [-0.15, -0.1) is 0 Å². The molecule has 0 atom stereocenters. The van der Waals surface area contributed by atoms with Gasteiger partial charge in [0.2, 0.25) is 0 Å². The topological polar surface area (TPSA) is 21.6 Å². The van der Waals surface area contributed by atoms with Crippen LogP contribution in [-0.4, -0.2) is 6.21 Å². The first-order chi connectivity index (χ1) is 12.6.